The van der Waals surface area contributed by atoms with E-state index < -0.39 is 0 Å². The fourth-order valence-electron chi connectivity index (χ4n) is 1.79. The molecule has 0 aliphatic rings. The normalized spacial score (nSPS) is 10.6. The van der Waals surface area contributed by atoms with Crippen LogP contribution in [0.4, 0.5) is 0 Å². The smallest absolute Gasteiger partial charge is 0.247 e. The molecule has 106 valence electrons. The molecule has 0 saturated carbocycles. The zero-order chi connectivity index (χ0) is 14.7. The van der Waals surface area contributed by atoms with Gasteiger partial charge in [-0.1, -0.05) is 29.3 Å². The number of hydrogen-bond acceptors (Lipinski definition) is 4. The third kappa shape index (κ3) is 3.35. The van der Waals surface area contributed by atoms with E-state index in [4.69, 9.17) is 32.4 Å². The minimum Gasteiger partial charge on any atom is -0.489 e. The Kier molecular flexibility index (Phi) is 4.08. The van der Waals surface area contributed by atoms with E-state index in [0.29, 0.717) is 22.5 Å². The molecule has 0 atom stereocenters. The standard InChI is InChI=1S/C15H10Cl2N2O2/c16-13-6-1-10(7-14(13)17)8-20-12-4-2-11(3-5-12)15-19-18-9-21-15/h1-7,9H,8H2. The van der Waals surface area contributed by atoms with Crippen molar-refractivity contribution < 1.29 is 9.15 Å². The van der Waals surface area contributed by atoms with Crippen LogP contribution in [0.25, 0.3) is 11.5 Å². The van der Waals surface area contributed by atoms with Crippen LogP contribution in [0.1, 0.15) is 5.56 Å². The van der Waals surface area contributed by atoms with E-state index in [1.165, 1.54) is 6.39 Å². The molecule has 0 aliphatic heterocycles. The van der Waals surface area contributed by atoms with E-state index in [9.17, 15) is 0 Å². The Labute approximate surface area is 131 Å². The Morgan fingerprint density at radius 1 is 1.00 bits per heavy atom. The molecular weight excluding hydrogens is 311 g/mol. The van der Waals surface area contributed by atoms with Crippen molar-refractivity contribution in [2.24, 2.45) is 0 Å². The predicted octanol–water partition coefficient (Wildman–Crippen LogP) is 4.62. The number of aromatic nitrogens is 2. The van der Waals surface area contributed by atoms with E-state index in [0.717, 1.165) is 16.9 Å². The van der Waals surface area contributed by atoms with Crippen LogP contribution >= 0.6 is 23.2 Å². The molecule has 6 heteroatoms. The van der Waals surface area contributed by atoms with Crippen molar-refractivity contribution in [1.82, 2.24) is 10.2 Å². The Balaban J connectivity index is 1.66. The molecular formula is C15H10Cl2N2O2. The molecule has 4 nitrogen and oxygen atoms in total. The van der Waals surface area contributed by atoms with Gasteiger partial charge in [-0.15, -0.1) is 10.2 Å². The molecule has 0 aliphatic carbocycles. The number of hydrogen-bond donors (Lipinski definition) is 0. The van der Waals surface area contributed by atoms with Gasteiger partial charge >= 0.3 is 0 Å². The number of ether oxygens (including phenoxy) is 1. The maximum absolute atomic E-state index is 5.96. The fraction of sp³-hybridized carbons (Fsp3) is 0.0667. The van der Waals surface area contributed by atoms with Crippen molar-refractivity contribution in [2.45, 2.75) is 6.61 Å². The first-order chi connectivity index (χ1) is 10.2. The number of halogens is 2. The predicted molar refractivity (Wildman–Crippen MR) is 80.5 cm³/mol. The van der Waals surface area contributed by atoms with Crippen LogP contribution in [-0.4, -0.2) is 10.2 Å². The van der Waals surface area contributed by atoms with Gasteiger partial charge in [-0.2, -0.15) is 0 Å². The summed E-state index contributed by atoms with van der Waals surface area (Å²) < 4.78 is 10.8. The van der Waals surface area contributed by atoms with Crippen LogP contribution < -0.4 is 4.74 Å². The molecule has 3 aromatic rings. The van der Waals surface area contributed by atoms with Gasteiger partial charge in [-0.3, -0.25) is 0 Å². The highest BCUT2D eigenvalue weighted by Crippen LogP contribution is 2.24. The van der Waals surface area contributed by atoms with Crippen LogP contribution in [0.15, 0.2) is 53.3 Å². The average molecular weight is 321 g/mol. The highest BCUT2D eigenvalue weighted by Gasteiger charge is 2.04. The first-order valence-corrected chi connectivity index (χ1v) is 6.91. The van der Waals surface area contributed by atoms with Crippen LogP contribution in [0.5, 0.6) is 5.75 Å². The molecule has 0 saturated heterocycles. The quantitative estimate of drug-likeness (QED) is 0.703. The number of nitrogens with zero attached hydrogens (tertiary/aromatic N) is 2. The summed E-state index contributed by atoms with van der Waals surface area (Å²) >= 11 is 11.8. The van der Waals surface area contributed by atoms with Gasteiger partial charge in [0, 0.05) is 5.56 Å². The second-order valence-corrected chi connectivity index (χ2v) is 5.12. The monoisotopic (exact) mass is 320 g/mol. The van der Waals surface area contributed by atoms with E-state index in [1.54, 1.807) is 12.1 Å². The van der Waals surface area contributed by atoms with Crippen molar-refractivity contribution in [1.29, 1.82) is 0 Å². The number of benzene rings is 2. The van der Waals surface area contributed by atoms with Gasteiger partial charge in [0.1, 0.15) is 12.4 Å². The second kappa shape index (κ2) is 6.16. The molecule has 3 rings (SSSR count). The molecule has 2 aromatic carbocycles. The minimum absolute atomic E-state index is 0.413. The molecule has 0 spiro atoms. The van der Waals surface area contributed by atoms with E-state index >= 15 is 0 Å². The third-order valence-corrected chi connectivity index (χ3v) is 3.59. The van der Waals surface area contributed by atoms with Crippen LogP contribution in [0.2, 0.25) is 10.0 Å². The van der Waals surface area contributed by atoms with Gasteiger partial charge in [0.2, 0.25) is 12.3 Å². The lowest BCUT2D eigenvalue weighted by Crippen LogP contribution is -1.95. The van der Waals surface area contributed by atoms with E-state index in [1.807, 2.05) is 30.3 Å². The van der Waals surface area contributed by atoms with Gasteiger partial charge in [0.15, 0.2) is 0 Å². The molecule has 21 heavy (non-hydrogen) atoms. The average Bonchev–Trinajstić information content (AvgIpc) is 3.03. The Bertz CT molecular complexity index is 728. The lowest BCUT2D eigenvalue weighted by atomic mass is 10.2. The van der Waals surface area contributed by atoms with E-state index in [2.05, 4.69) is 10.2 Å². The minimum atomic E-state index is 0.413. The highest BCUT2D eigenvalue weighted by molar-refractivity contribution is 6.42. The number of rotatable bonds is 4. The van der Waals surface area contributed by atoms with Crippen molar-refractivity contribution in [3.05, 3.63) is 64.5 Å². The highest BCUT2D eigenvalue weighted by atomic mass is 35.5. The van der Waals surface area contributed by atoms with Crippen LogP contribution in [0.3, 0.4) is 0 Å². The summed E-state index contributed by atoms with van der Waals surface area (Å²) in [7, 11) is 0. The summed E-state index contributed by atoms with van der Waals surface area (Å²) in [6, 6.07) is 12.8. The summed E-state index contributed by atoms with van der Waals surface area (Å²) in [4.78, 5) is 0. The van der Waals surface area contributed by atoms with Gasteiger partial charge in [0.25, 0.3) is 0 Å². The van der Waals surface area contributed by atoms with Gasteiger partial charge in [-0.05, 0) is 42.0 Å². The maximum atomic E-state index is 5.96. The maximum Gasteiger partial charge on any atom is 0.247 e. The zero-order valence-electron chi connectivity index (χ0n) is 10.8. The second-order valence-electron chi connectivity index (χ2n) is 4.31. The first-order valence-electron chi connectivity index (χ1n) is 6.16. The summed E-state index contributed by atoms with van der Waals surface area (Å²) in [5.74, 6) is 1.22. The molecule has 1 heterocycles. The van der Waals surface area contributed by atoms with Crippen molar-refractivity contribution >= 4 is 23.2 Å². The molecule has 0 amide bonds. The summed E-state index contributed by atoms with van der Waals surface area (Å²) in [6.45, 7) is 0.413. The van der Waals surface area contributed by atoms with E-state index in [-0.39, 0.29) is 0 Å². The first kappa shape index (κ1) is 13.9. The molecule has 0 bridgehead atoms. The molecule has 1 aromatic heterocycles. The van der Waals surface area contributed by atoms with Crippen molar-refractivity contribution in [3.8, 4) is 17.2 Å². The summed E-state index contributed by atoms with van der Waals surface area (Å²) in [5, 5.41) is 8.53. The van der Waals surface area contributed by atoms with Crippen molar-refractivity contribution in [2.75, 3.05) is 0 Å². The SMILES string of the molecule is Clc1ccc(COc2ccc(-c3nnco3)cc2)cc1Cl. The summed E-state index contributed by atoms with van der Waals surface area (Å²) in [6.07, 6.45) is 1.30. The lowest BCUT2D eigenvalue weighted by Gasteiger charge is -2.07. The van der Waals surface area contributed by atoms with Gasteiger partial charge in [0.05, 0.1) is 10.0 Å². The molecule has 0 unspecified atom stereocenters. The van der Waals surface area contributed by atoms with Crippen LogP contribution in [0, 0.1) is 0 Å². The van der Waals surface area contributed by atoms with Crippen LogP contribution in [-0.2, 0) is 6.61 Å². The largest absolute Gasteiger partial charge is 0.489 e. The fourth-order valence-corrected chi connectivity index (χ4v) is 2.11. The summed E-state index contributed by atoms with van der Waals surface area (Å²) in [5.41, 5.74) is 1.79. The third-order valence-electron chi connectivity index (χ3n) is 2.85. The van der Waals surface area contributed by atoms with Gasteiger partial charge in [-0.25, -0.2) is 0 Å². The Morgan fingerprint density at radius 3 is 2.48 bits per heavy atom. The van der Waals surface area contributed by atoms with Crippen molar-refractivity contribution in [3.63, 3.8) is 0 Å². The molecule has 0 radical (unpaired) electrons. The van der Waals surface area contributed by atoms with Gasteiger partial charge < -0.3 is 9.15 Å². The Hall–Kier alpha value is -2.04. The molecule has 0 N–H and O–H groups in total. The zero-order valence-corrected chi connectivity index (χ0v) is 12.3. The molecule has 0 fully saturated rings. The lowest BCUT2D eigenvalue weighted by molar-refractivity contribution is 0.306. The topological polar surface area (TPSA) is 48.2 Å². The Morgan fingerprint density at radius 2 is 1.81 bits per heavy atom.